The van der Waals surface area contributed by atoms with Gasteiger partial charge in [0, 0.05) is 11.3 Å². The molecule has 0 saturated heterocycles. The lowest BCUT2D eigenvalue weighted by atomic mass is 10.0. The zero-order valence-corrected chi connectivity index (χ0v) is 9.60. The fourth-order valence-corrected chi connectivity index (χ4v) is 3.26. The predicted octanol–water partition coefficient (Wildman–Crippen LogP) is 2.71. The highest BCUT2D eigenvalue weighted by Gasteiger charge is 2.22. The zero-order valence-electron chi connectivity index (χ0n) is 8.79. The van der Waals surface area contributed by atoms with Crippen molar-refractivity contribution in [1.29, 1.82) is 0 Å². The summed E-state index contributed by atoms with van der Waals surface area (Å²) in [5, 5.41) is 11.0. The summed E-state index contributed by atoms with van der Waals surface area (Å²) in [7, 11) is 0. The molecular weight excluding hydrogens is 194 g/mol. The molecule has 0 aromatic carbocycles. The fraction of sp³-hybridized carbons (Fsp3) is 0.727. The van der Waals surface area contributed by atoms with E-state index in [0.717, 1.165) is 31.4 Å². The molecule has 1 aliphatic carbocycles. The quantitative estimate of drug-likeness (QED) is 0.816. The van der Waals surface area contributed by atoms with Crippen molar-refractivity contribution < 1.29 is 5.11 Å². The molecule has 0 radical (unpaired) electrons. The van der Waals surface area contributed by atoms with Gasteiger partial charge in [0.2, 0.25) is 0 Å². The summed E-state index contributed by atoms with van der Waals surface area (Å²) in [5.74, 6) is 0.653. The molecule has 3 heteroatoms. The molecule has 0 saturated carbocycles. The van der Waals surface area contributed by atoms with Crippen LogP contribution in [0.5, 0.6) is 0 Å². The number of aromatic nitrogens is 1. The van der Waals surface area contributed by atoms with E-state index in [1.165, 1.54) is 9.88 Å². The number of thiazole rings is 1. The van der Waals surface area contributed by atoms with Crippen LogP contribution in [0.15, 0.2) is 0 Å². The first-order valence-corrected chi connectivity index (χ1v) is 6.15. The summed E-state index contributed by atoms with van der Waals surface area (Å²) >= 11 is 1.80. The molecule has 0 spiro atoms. The van der Waals surface area contributed by atoms with Crippen LogP contribution in [0.1, 0.15) is 48.4 Å². The molecule has 0 aliphatic heterocycles. The van der Waals surface area contributed by atoms with Crippen LogP contribution in [0.4, 0.5) is 0 Å². The third-order valence-corrected chi connectivity index (χ3v) is 3.70. The minimum absolute atomic E-state index is 0.295. The van der Waals surface area contributed by atoms with Gasteiger partial charge >= 0.3 is 0 Å². The topological polar surface area (TPSA) is 33.1 Å². The first-order valence-electron chi connectivity index (χ1n) is 5.33. The monoisotopic (exact) mass is 211 g/mol. The number of nitrogens with zero attached hydrogens (tertiary/aromatic N) is 1. The predicted molar refractivity (Wildman–Crippen MR) is 58.6 cm³/mol. The van der Waals surface area contributed by atoms with E-state index in [2.05, 4.69) is 18.8 Å². The highest BCUT2D eigenvalue weighted by molar-refractivity contribution is 7.11. The maximum Gasteiger partial charge on any atom is 0.0971 e. The first kappa shape index (κ1) is 10.1. The van der Waals surface area contributed by atoms with E-state index in [9.17, 15) is 5.11 Å². The molecule has 1 aliphatic rings. The van der Waals surface area contributed by atoms with Crippen molar-refractivity contribution in [2.75, 3.05) is 0 Å². The smallest absolute Gasteiger partial charge is 0.0971 e. The Morgan fingerprint density at radius 2 is 2.36 bits per heavy atom. The summed E-state index contributed by atoms with van der Waals surface area (Å²) in [5.41, 5.74) is 0.969. The second-order valence-corrected chi connectivity index (χ2v) is 5.59. The summed E-state index contributed by atoms with van der Waals surface area (Å²) in [6.07, 6.45) is 3.86. The van der Waals surface area contributed by atoms with Gasteiger partial charge < -0.3 is 5.11 Å². The minimum Gasteiger partial charge on any atom is -0.387 e. The summed E-state index contributed by atoms with van der Waals surface area (Å²) in [4.78, 5) is 5.86. The molecule has 1 atom stereocenters. The molecule has 1 aromatic heterocycles. The lowest BCUT2D eigenvalue weighted by Gasteiger charge is -2.14. The van der Waals surface area contributed by atoms with E-state index in [-0.39, 0.29) is 6.10 Å². The fourth-order valence-electron chi connectivity index (χ4n) is 1.88. The Morgan fingerprint density at radius 1 is 1.57 bits per heavy atom. The van der Waals surface area contributed by atoms with Crippen LogP contribution in [-0.2, 0) is 12.8 Å². The largest absolute Gasteiger partial charge is 0.387 e. The molecule has 1 aromatic rings. The van der Waals surface area contributed by atoms with Gasteiger partial charge in [-0.1, -0.05) is 13.8 Å². The van der Waals surface area contributed by atoms with Crippen LogP contribution in [-0.4, -0.2) is 10.1 Å². The molecule has 1 N–H and O–H groups in total. The van der Waals surface area contributed by atoms with E-state index in [1.807, 2.05) is 0 Å². The van der Waals surface area contributed by atoms with Gasteiger partial charge in [0.05, 0.1) is 16.8 Å². The maximum absolute atomic E-state index is 9.75. The van der Waals surface area contributed by atoms with Crippen LogP contribution in [0, 0.1) is 5.92 Å². The standard InChI is InChI=1S/C11H17NOS/c1-7(2)6-10-12-11-8(13)4-3-5-9(11)14-10/h7-8,13H,3-6H2,1-2H3. The van der Waals surface area contributed by atoms with E-state index in [4.69, 9.17) is 0 Å². The second kappa shape index (κ2) is 3.99. The third kappa shape index (κ3) is 1.98. The average Bonchev–Trinajstić information content (AvgIpc) is 2.47. The van der Waals surface area contributed by atoms with Gasteiger partial charge in [-0.25, -0.2) is 4.98 Å². The number of hydrogen-bond donors (Lipinski definition) is 1. The molecule has 2 nitrogen and oxygen atoms in total. The summed E-state index contributed by atoms with van der Waals surface area (Å²) in [6.45, 7) is 4.41. The Labute approximate surface area is 89.0 Å². The molecule has 0 amide bonds. The normalized spacial score (nSPS) is 21.3. The van der Waals surface area contributed by atoms with Crippen LogP contribution >= 0.6 is 11.3 Å². The Hall–Kier alpha value is -0.410. The molecule has 1 heterocycles. The molecule has 14 heavy (non-hydrogen) atoms. The van der Waals surface area contributed by atoms with Crippen molar-refractivity contribution in [3.8, 4) is 0 Å². The van der Waals surface area contributed by atoms with Crippen molar-refractivity contribution in [3.63, 3.8) is 0 Å². The Balaban J connectivity index is 2.21. The molecule has 0 fully saturated rings. The van der Waals surface area contributed by atoms with Crippen molar-refractivity contribution in [2.45, 2.75) is 45.6 Å². The molecule has 2 rings (SSSR count). The minimum atomic E-state index is -0.295. The number of aliphatic hydroxyl groups excluding tert-OH is 1. The maximum atomic E-state index is 9.75. The van der Waals surface area contributed by atoms with Gasteiger partial charge in [-0.3, -0.25) is 0 Å². The summed E-state index contributed by atoms with van der Waals surface area (Å²) in [6, 6.07) is 0. The Kier molecular flexibility index (Phi) is 2.88. The number of hydrogen-bond acceptors (Lipinski definition) is 3. The number of aryl methyl sites for hydroxylation is 1. The van der Waals surface area contributed by atoms with Gasteiger partial charge in [-0.05, 0) is 25.2 Å². The van der Waals surface area contributed by atoms with Crippen LogP contribution in [0.25, 0.3) is 0 Å². The summed E-state index contributed by atoms with van der Waals surface area (Å²) < 4.78 is 0. The average molecular weight is 211 g/mol. The van der Waals surface area contributed by atoms with E-state index < -0.39 is 0 Å². The van der Waals surface area contributed by atoms with E-state index in [1.54, 1.807) is 11.3 Å². The number of aliphatic hydroxyl groups is 1. The van der Waals surface area contributed by atoms with Crippen LogP contribution < -0.4 is 0 Å². The van der Waals surface area contributed by atoms with Gasteiger partial charge in [-0.2, -0.15) is 0 Å². The Bertz CT molecular complexity index is 319. The molecule has 1 unspecified atom stereocenters. The van der Waals surface area contributed by atoms with Gasteiger partial charge in [0.25, 0.3) is 0 Å². The third-order valence-electron chi connectivity index (χ3n) is 2.55. The van der Waals surface area contributed by atoms with Gasteiger partial charge in [0.15, 0.2) is 0 Å². The van der Waals surface area contributed by atoms with Crippen molar-refractivity contribution in [3.05, 3.63) is 15.6 Å². The van der Waals surface area contributed by atoms with Crippen molar-refractivity contribution >= 4 is 11.3 Å². The van der Waals surface area contributed by atoms with E-state index >= 15 is 0 Å². The SMILES string of the molecule is CC(C)Cc1nc2c(s1)CCCC2O. The van der Waals surface area contributed by atoms with Crippen LogP contribution in [0.2, 0.25) is 0 Å². The lowest BCUT2D eigenvalue weighted by Crippen LogP contribution is -2.07. The number of rotatable bonds is 2. The molecule has 78 valence electrons. The van der Waals surface area contributed by atoms with Crippen molar-refractivity contribution in [1.82, 2.24) is 4.98 Å². The Morgan fingerprint density at radius 3 is 3.00 bits per heavy atom. The lowest BCUT2D eigenvalue weighted by molar-refractivity contribution is 0.153. The second-order valence-electron chi connectivity index (χ2n) is 4.42. The molecular formula is C11H17NOS. The zero-order chi connectivity index (χ0) is 10.1. The van der Waals surface area contributed by atoms with Crippen LogP contribution in [0.3, 0.4) is 0 Å². The van der Waals surface area contributed by atoms with Gasteiger partial charge in [-0.15, -0.1) is 11.3 Å². The highest BCUT2D eigenvalue weighted by Crippen LogP contribution is 2.33. The highest BCUT2D eigenvalue weighted by atomic mass is 32.1. The van der Waals surface area contributed by atoms with E-state index in [0.29, 0.717) is 5.92 Å². The number of fused-ring (bicyclic) bond motifs is 1. The van der Waals surface area contributed by atoms with Gasteiger partial charge in [0.1, 0.15) is 0 Å². The van der Waals surface area contributed by atoms with Crippen molar-refractivity contribution in [2.24, 2.45) is 5.92 Å². The molecule has 0 bridgehead atoms. The first-order chi connectivity index (χ1) is 6.66.